The van der Waals surface area contributed by atoms with Gasteiger partial charge in [-0.3, -0.25) is 4.79 Å². The SMILES string of the molecule is CC(=O)C1CCCN(c2ncnc3c2CCCC3)C1. The summed E-state index contributed by atoms with van der Waals surface area (Å²) in [5.74, 6) is 1.59. The van der Waals surface area contributed by atoms with Gasteiger partial charge in [-0.05, 0) is 45.4 Å². The van der Waals surface area contributed by atoms with Crippen LogP contribution in [-0.4, -0.2) is 28.8 Å². The van der Waals surface area contributed by atoms with Gasteiger partial charge in [0.25, 0.3) is 0 Å². The fourth-order valence-corrected chi connectivity index (χ4v) is 3.28. The largest absolute Gasteiger partial charge is 0.356 e. The second-order valence-corrected chi connectivity index (χ2v) is 5.73. The topological polar surface area (TPSA) is 46.1 Å². The molecule has 4 heteroatoms. The van der Waals surface area contributed by atoms with E-state index in [0.717, 1.165) is 44.6 Å². The van der Waals surface area contributed by atoms with Crippen molar-refractivity contribution in [1.29, 1.82) is 0 Å². The highest BCUT2D eigenvalue weighted by atomic mass is 16.1. The van der Waals surface area contributed by atoms with Gasteiger partial charge >= 0.3 is 0 Å². The van der Waals surface area contributed by atoms with Crippen LogP contribution in [0, 0.1) is 5.92 Å². The quantitative estimate of drug-likeness (QED) is 0.816. The van der Waals surface area contributed by atoms with Crippen molar-refractivity contribution in [2.75, 3.05) is 18.0 Å². The Labute approximate surface area is 114 Å². The molecule has 0 N–H and O–H groups in total. The highest BCUT2D eigenvalue weighted by Crippen LogP contribution is 2.30. The van der Waals surface area contributed by atoms with E-state index in [1.54, 1.807) is 13.3 Å². The van der Waals surface area contributed by atoms with Gasteiger partial charge in [-0.2, -0.15) is 0 Å². The number of nitrogens with zero attached hydrogens (tertiary/aromatic N) is 3. The number of hydrogen-bond acceptors (Lipinski definition) is 4. The van der Waals surface area contributed by atoms with Crippen LogP contribution in [0.4, 0.5) is 5.82 Å². The van der Waals surface area contributed by atoms with Crippen LogP contribution >= 0.6 is 0 Å². The second kappa shape index (κ2) is 5.27. The van der Waals surface area contributed by atoms with Crippen molar-refractivity contribution >= 4 is 11.6 Å². The van der Waals surface area contributed by atoms with Crippen LogP contribution in [0.1, 0.15) is 43.9 Å². The maximum absolute atomic E-state index is 11.6. The van der Waals surface area contributed by atoms with Crippen LogP contribution < -0.4 is 4.90 Å². The molecule has 102 valence electrons. The average molecular weight is 259 g/mol. The van der Waals surface area contributed by atoms with Gasteiger partial charge < -0.3 is 4.90 Å². The van der Waals surface area contributed by atoms with E-state index in [2.05, 4.69) is 14.9 Å². The lowest BCUT2D eigenvalue weighted by Gasteiger charge is -2.34. The number of Topliss-reactive ketones (excluding diaryl/α,β-unsaturated/α-hetero) is 1. The molecule has 0 amide bonds. The normalized spacial score (nSPS) is 23.0. The van der Waals surface area contributed by atoms with E-state index >= 15 is 0 Å². The summed E-state index contributed by atoms with van der Waals surface area (Å²) >= 11 is 0. The number of aromatic nitrogens is 2. The fraction of sp³-hybridized carbons (Fsp3) is 0.667. The van der Waals surface area contributed by atoms with Crippen molar-refractivity contribution in [1.82, 2.24) is 9.97 Å². The summed E-state index contributed by atoms with van der Waals surface area (Å²) in [6.45, 7) is 3.57. The summed E-state index contributed by atoms with van der Waals surface area (Å²) in [5, 5.41) is 0. The zero-order valence-electron chi connectivity index (χ0n) is 11.6. The molecule has 2 heterocycles. The first kappa shape index (κ1) is 12.6. The van der Waals surface area contributed by atoms with Crippen LogP contribution in [0.2, 0.25) is 0 Å². The smallest absolute Gasteiger partial charge is 0.135 e. The number of carbonyl (C=O) groups excluding carboxylic acids is 1. The van der Waals surface area contributed by atoms with Crippen molar-refractivity contribution in [3.05, 3.63) is 17.6 Å². The first-order valence-corrected chi connectivity index (χ1v) is 7.34. The molecule has 1 unspecified atom stereocenters. The Hall–Kier alpha value is -1.45. The molecule has 0 aromatic carbocycles. The van der Waals surface area contributed by atoms with Gasteiger partial charge in [0.15, 0.2) is 0 Å². The van der Waals surface area contributed by atoms with Crippen LogP contribution in [0.3, 0.4) is 0 Å². The van der Waals surface area contributed by atoms with Gasteiger partial charge in [-0.25, -0.2) is 9.97 Å². The summed E-state index contributed by atoms with van der Waals surface area (Å²) in [6.07, 6.45) is 8.44. The third-order valence-corrected chi connectivity index (χ3v) is 4.40. The standard InChI is InChI=1S/C15H21N3O/c1-11(19)12-5-4-8-18(9-12)15-13-6-2-3-7-14(13)16-10-17-15/h10,12H,2-9H2,1H3. The Morgan fingerprint density at radius 2 is 2.11 bits per heavy atom. The van der Waals surface area contributed by atoms with Gasteiger partial charge in [0.05, 0.1) is 0 Å². The monoisotopic (exact) mass is 259 g/mol. The fourth-order valence-electron chi connectivity index (χ4n) is 3.28. The molecular weight excluding hydrogens is 238 g/mol. The summed E-state index contributed by atoms with van der Waals surface area (Å²) in [5.41, 5.74) is 2.55. The number of piperidine rings is 1. The molecule has 4 nitrogen and oxygen atoms in total. The van der Waals surface area contributed by atoms with E-state index in [1.807, 2.05) is 0 Å². The van der Waals surface area contributed by atoms with E-state index in [9.17, 15) is 4.79 Å². The van der Waals surface area contributed by atoms with Gasteiger partial charge in [0, 0.05) is 30.3 Å². The molecule has 2 aliphatic rings. The van der Waals surface area contributed by atoms with Gasteiger partial charge in [-0.1, -0.05) is 0 Å². The van der Waals surface area contributed by atoms with E-state index in [-0.39, 0.29) is 5.92 Å². The first-order valence-electron chi connectivity index (χ1n) is 7.34. The van der Waals surface area contributed by atoms with Crippen molar-refractivity contribution in [2.45, 2.75) is 45.4 Å². The average Bonchev–Trinajstić information content (AvgIpc) is 2.47. The van der Waals surface area contributed by atoms with Crippen molar-refractivity contribution < 1.29 is 4.79 Å². The highest BCUT2D eigenvalue weighted by molar-refractivity contribution is 5.79. The van der Waals surface area contributed by atoms with Crippen LogP contribution in [0.5, 0.6) is 0 Å². The lowest BCUT2D eigenvalue weighted by molar-refractivity contribution is -0.120. The molecule has 1 aromatic heterocycles. The lowest BCUT2D eigenvalue weighted by Crippen LogP contribution is -2.39. The predicted octanol–water partition coefficient (Wildman–Crippen LogP) is 2.16. The molecule has 0 bridgehead atoms. The molecule has 0 saturated carbocycles. The van der Waals surface area contributed by atoms with E-state index in [4.69, 9.17) is 0 Å². The van der Waals surface area contributed by atoms with Gasteiger partial charge in [-0.15, -0.1) is 0 Å². The van der Waals surface area contributed by atoms with Crippen molar-refractivity contribution in [3.63, 3.8) is 0 Å². The molecular formula is C15H21N3O. The van der Waals surface area contributed by atoms with Gasteiger partial charge in [0.1, 0.15) is 17.9 Å². The van der Waals surface area contributed by atoms with E-state index < -0.39 is 0 Å². The maximum atomic E-state index is 11.6. The zero-order chi connectivity index (χ0) is 13.2. The molecule has 1 saturated heterocycles. The number of aryl methyl sites for hydroxylation is 1. The van der Waals surface area contributed by atoms with E-state index in [0.29, 0.717) is 5.78 Å². The first-order chi connectivity index (χ1) is 9.25. The van der Waals surface area contributed by atoms with Crippen LogP contribution in [-0.2, 0) is 17.6 Å². The third-order valence-electron chi connectivity index (χ3n) is 4.40. The molecule has 3 rings (SSSR count). The Balaban J connectivity index is 1.87. The molecule has 1 atom stereocenters. The van der Waals surface area contributed by atoms with Crippen molar-refractivity contribution in [2.24, 2.45) is 5.92 Å². The minimum atomic E-state index is 0.183. The Morgan fingerprint density at radius 3 is 2.95 bits per heavy atom. The summed E-state index contributed by atoms with van der Waals surface area (Å²) < 4.78 is 0. The zero-order valence-corrected chi connectivity index (χ0v) is 11.6. The van der Waals surface area contributed by atoms with Crippen molar-refractivity contribution in [3.8, 4) is 0 Å². The molecule has 1 aromatic rings. The maximum Gasteiger partial charge on any atom is 0.135 e. The van der Waals surface area contributed by atoms with E-state index in [1.165, 1.54) is 24.1 Å². The Kier molecular flexibility index (Phi) is 3.49. The lowest BCUT2D eigenvalue weighted by atomic mass is 9.92. The number of anilines is 1. The second-order valence-electron chi connectivity index (χ2n) is 5.73. The summed E-state index contributed by atoms with van der Waals surface area (Å²) in [6, 6.07) is 0. The number of carbonyl (C=O) groups is 1. The number of hydrogen-bond donors (Lipinski definition) is 0. The van der Waals surface area contributed by atoms with Crippen LogP contribution in [0.25, 0.3) is 0 Å². The minimum absolute atomic E-state index is 0.183. The van der Waals surface area contributed by atoms with Gasteiger partial charge in [0.2, 0.25) is 0 Å². The molecule has 1 fully saturated rings. The number of fused-ring (bicyclic) bond motifs is 1. The molecule has 0 spiro atoms. The number of ketones is 1. The molecule has 1 aliphatic heterocycles. The van der Waals surface area contributed by atoms with Crippen LogP contribution in [0.15, 0.2) is 6.33 Å². The summed E-state index contributed by atoms with van der Waals surface area (Å²) in [7, 11) is 0. The Morgan fingerprint density at radius 1 is 1.26 bits per heavy atom. The minimum Gasteiger partial charge on any atom is -0.356 e. The molecule has 1 aliphatic carbocycles. The Bertz CT molecular complexity index is 486. The molecule has 19 heavy (non-hydrogen) atoms. The number of rotatable bonds is 2. The predicted molar refractivity (Wildman–Crippen MR) is 74.3 cm³/mol. The summed E-state index contributed by atoms with van der Waals surface area (Å²) in [4.78, 5) is 22.8. The molecule has 0 radical (unpaired) electrons. The highest BCUT2D eigenvalue weighted by Gasteiger charge is 2.27. The third kappa shape index (κ3) is 2.48.